The van der Waals surface area contributed by atoms with Crippen LogP contribution in [0.2, 0.25) is 0 Å². The fraction of sp³-hybridized carbons (Fsp3) is 0.250. The highest BCUT2D eigenvalue weighted by Crippen LogP contribution is 2.26. The third-order valence-electron chi connectivity index (χ3n) is 4.26. The van der Waals surface area contributed by atoms with Crippen molar-refractivity contribution in [2.75, 3.05) is 0 Å². The highest BCUT2D eigenvalue weighted by molar-refractivity contribution is 6.16. The van der Waals surface area contributed by atoms with Gasteiger partial charge in [-0.3, -0.25) is 4.79 Å². The summed E-state index contributed by atoms with van der Waals surface area (Å²) < 4.78 is 0. The average Bonchev–Trinajstić information content (AvgIpc) is 2.62. The lowest BCUT2D eigenvalue weighted by Gasteiger charge is -2.16. The molecule has 3 aromatic rings. The van der Waals surface area contributed by atoms with Gasteiger partial charge in [0, 0.05) is 10.8 Å². The van der Waals surface area contributed by atoms with Gasteiger partial charge in [-0.05, 0) is 18.6 Å². The second-order valence-electron chi connectivity index (χ2n) is 6.03. The molecule has 0 spiro atoms. The molecule has 0 fully saturated rings. The zero-order valence-electron chi connectivity index (χ0n) is 14.0. The molecule has 0 saturated carbocycles. The van der Waals surface area contributed by atoms with Crippen molar-refractivity contribution in [3.05, 3.63) is 54.1 Å². The molecule has 25 heavy (non-hydrogen) atoms. The van der Waals surface area contributed by atoms with Crippen molar-refractivity contribution in [1.29, 1.82) is 0 Å². The van der Waals surface area contributed by atoms with E-state index in [0.717, 1.165) is 23.6 Å². The number of benzene rings is 2. The number of aliphatic carboxylic acids is 1. The highest BCUT2D eigenvalue weighted by Gasteiger charge is 2.23. The van der Waals surface area contributed by atoms with Gasteiger partial charge >= 0.3 is 5.97 Å². The lowest BCUT2D eigenvalue weighted by Crippen LogP contribution is -2.40. The van der Waals surface area contributed by atoms with Gasteiger partial charge in [0.2, 0.25) is 0 Å². The second kappa shape index (κ2) is 7.30. The number of nitrogens with one attached hydrogen (secondary N) is 1. The van der Waals surface area contributed by atoms with Crippen LogP contribution < -0.4 is 5.32 Å². The Morgan fingerprint density at radius 2 is 1.60 bits per heavy atom. The van der Waals surface area contributed by atoms with Gasteiger partial charge in [-0.2, -0.15) is 0 Å². The number of amides is 1. The molecule has 2 aromatic carbocycles. The van der Waals surface area contributed by atoms with Crippen LogP contribution in [0.5, 0.6) is 0 Å². The number of unbranched alkanes of at least 4 members (excludes halogenated alkanes) is 1. The van der Waals surface area contributed by atoms with E-state index in [1.54, 1.807) is 0 Å². The molecule has 0 aliphatic heterocycles. The molecule has 1 heterocycles. The summed E-state index contributed by atoms with van der Waals surface area (Å²) in [6.45, 7) is 1.99. The Labute approximate surface area is 145 Å². The molecule has 0 aliphatic carbocycles. The molecule has 5 nitrogen and oxygen atoms in total. The molecule has 1 amide bonds. The number of carbonyl (C=O) groups is 2. The van der Waals surface area contributed by atoms with Gasteiger partial charge in [-0.1, -0.05) is 56.2 Å². The zero-order valence-corrected chi connectivity index (χ0v) is 14.0. The number of para-hydroxylation sites is 2. The third-order valence-corrected chi connectivity index (χ3v) is 4.26. The summed E-state index contributed by atoms with van der Waals surface area (Å²) in [5.74, 6) is -1.39. The van der Waals surface area contributed by atoms with Gasteiger partial charge in [0.15, 0.2) is 0 Å². The van der Waals surface area contributed by atoms with E-state index < -0.39 is 12.0 Å². The summed E-state index contributed by atoms with van der Waals surface area (Å²) in [7, 11) is 0. The minimum absolute atomic E-state index is 0.377. The van der Waals surface area contributed by atoms with Gasteiger partial charge in [-0.15, -0.1) is 0 Å². The van der Waals surface area contributed by atoms with Crippen molar-refractivity contribution >= 4 is 33.7 Å². The van der Waals surface area contributed by atoms with Gasteiger partial charge < -0.3 is 10.4 Å². The molecular formula is C20H20N2O3. The Hall–Kier alpha value is -2.95. The fourth-order valence-corrected chi connectivity index (χ4v) is 2.98. The summed E-state index contributed by atoms with van der Waals surface area (Å²) in [4.78, 5) is 29.0. The molecular weight excluding hydrogens is 316 g/mol. The maximum atomic E-state index is 12.9. The molecule has 0 bridgehead atoms. The fourth-order valence-electron chi connectivity index (χ4n) is 2.98. The molecule has 0 aliphatic rings. The lowest BCUT2D eigenvalue weighted by atomic mass is 10.0. The van der Waals surface area contributed by atoms with Crippen molar-refractivity contribution in [3.63, 3.8) is 0 Å². The van der Waals surface area contributed by atoms with Crippen LogP contribution in [0.1, 0.15) is 36.5 Å². The van der Waals surface area contributed by atoms with Crippen LogP contribution in [-0.4, -0.2) is 28.0 Å². The van der Waals surface area contributed by atoms with Gasteiger partial charge in [0.25, 0.3) is 5.91 Å². The van der Waals surface area contributed by atoms with Gasteiger partial charge in [0.1, 0.15) is 6.04 Å². The van der Waals surface area contributed by atoms with E-state index in [1.807, 2.05) is 55.5 Å². The maximum absolute atomic E-state index is 12.9. The lowest BCUT2D eigenvalue weighted by molar-refractivity contribution is -0.139. The number of rotatable bonds is 6. The van der Waals surface area contributed by atoms with Gasteiger partial charge in [-0.25, -0.2) is 9.78 Å². The Balaban J connectivity index is 2.08. The van der Waals surface area contributed by atoms with Crippen molar-refractivity contribution in [3.8, 4) is 0 Å². The first-order valence-electron chi connectivity index (χ1n) is 8.43. The van der Waals surface area contributed by atoms with Crippen LogP contribution in [0.15, 0.2) is 48.5 Å². The zero-order chi connectivity index (χ0) is 17.8. The van der Waals surface area contributed by atoms with Crippen LogP contribution in [0.4, 0.5) is 0 Å². The Morgan fingerprint density at radius 3 is 2.12 bits per heavy atom. The topological polar surface area (TPSA) is 79.3 Å². The standard InChI is InChI=1S/C20H20N2O3/c1-2-3-10-17(20(24)25)22-19(23)18-13-8-4-6-11-15(13)21-16-12-7-5-9-14(16)18/h4-9,11-12,17H,2-3,10H2,1H3,(H,22,23)(H,24,25)/t17-/m0/s1. The number of carboxylic acid groups (broad SMARTS) is 1. The predicted molar refractivity (Wildman–Crippen MR) is 97.7 cm³/mol. The molecule has 1 atom stereocenters. The molecule has 128 valence electrons. The number of carbonyl (C=O) groups excluding carboxylic acids is 1. The van der Waals surface area contributed by atoms with Crippen LogP contribution in [0, 0.1) is 0 Å². The van der Waals surface area contributed by atoms with E-state index in [0.29, 0.717) is 23.0 Å². The first-order valence-corrected chi connectivity index (χ1v) is 8.43. The first kappa shape index (κ1) is 16.9. The molecule has 0 saturated heterocycles. The molecule has 0 unspecified atom stereocenters. The van der Waals surface area contributed by atoms with Crippen molar-refractivity contribution < 1.29 is 14.7 Å². The minimum Gasteiger partial charge on any atom is -0.480 e. The first-order chi connectivity index (χ1) is 12.1. The smallest absolute Gasteiger partial charge is 0.326 e. The number of aromatic nitrogens is 1. The van der Waals surface area contributed by atoms with Crippen molar-refractivity contribution in [2.45, 2.75) is 32.2 Å². The van der Waals surface area contributed by atoms with E-state index in [9.17, 15) is 14.7 Å². The van der Waals surface area contributed by atoms with Crippen LogP contribution in [-0.2, 0) is 4.79 Å². The van der Waals surface area contributed by atoms with Crippen LogP contribution in [0.3, 0.4) is 0 Å². The SMILES string of the molecule is CCCC[C@H](NC(=O)c1c2ccccc2nc2ccccc12)C(=O)O. The van der Waals surface area contributed by atoms with Crippen molar-refractivity contribution in [1.82, 2.24) is 10.3 Å². The summed E-state index contributed by atoms with van der Waals surface area (Å²) >= 11 is 0. The minimum atomic E-state index is -1.01. The Bertz CT molecular complexity index is 883. The molecule has 1 aromatic heterocycles. The maximum Gasteiger partial charge on any atom is 0.326 e. The van der Waals surface area contributed by atoms with Crippen molar-refractivity contribution in [2.24, 2.45) is 0 Å². The molecule has 2 N–H and O–H groups in total. The normalized spacial score (nSPS) is 12.2. The number of hydrogen-bond donors (Lipinski definition) is 2. The van der Waals surface area contributed by atoms with E-state index in [1.165, 1.54) is 0 Å². The Kier molecular flexibility index (Phi) is 4.93. The van der Waals surface area contributed by atoms with Gasteiger partial charge in [0.05, 0.1) is 16.6 Å². The third kappa shape index (κ3) is 3.45. The summed E-state index contributed by atoms with van der Waals surface area (Å²) in [5, 5.41) is 13.5. The summed E-state index contributed by atoms with van der Waals surface area (Å²) in [6, 6.07) is 13.9. The molecule has 3 rings (SSSR count). The largest absolute Gasteiger partial charge is 0.480 e. The van der Waals surface area contributed by atoms with E-state index in [4.69, 9.17) is 0 Å². The van der Waals surface area contributed by atoms with Crippen LogP contribution >= 0.6 is 0 Å². The second-order valence-corrected chi connectivity index (χ2v) is 6.03. The van der Waals surface area contributed by atoms with E-state index in [2.05, 4.69) is 10.3 Å². The highest BCUT2D eigenvalue weighted by atomic mass is 16.4. The average molecular weight is 336 g/mol. The number of pyridine rings is 1. The Morgan fingerprint density at radius 1 is 1.04 bits per heavy atom. The number of carboxylic acids is 1. The quantitative estimate of drug-likeness (QED) is 0.672. The molecule has 5 heteroatoms. The van der Waals surface area contributed by atoms with E-state index >= 15 is 0 Å². The predicted octanol–water partition coefficient (Wildman–Crippen LogP) is 3.76. The number of hydrogen-bond acceptors (Lipinski definition) is 3. The number of nitrogens with zero attached hydrogens (tertiary/aromatic N) is 1. The molecule has 0 radical (unpaired) electrons. The summed E-state index contributed by atoms with van der Waals surface area (Å²) in [6.07, 6.45) is 2.04. The van der Waals surface area contributed by atoms with E-state index in [-0.39, 0.29) is 5.91 Å². The monoisotopic (exact) mass is 336 g/mol. The summed E-state index contributed by atoms with van der Waals surface area (Å²) in [5.41, 5.74) is 1.91. The van der Waals surface area contributed by atoms with Crippen LogP contribution in [0.25, 0.3) is 21.8 Å². The number of fused-ring (bicyclic) bond motifs is 2.